The van der Waals surface area contributed by atoms with Crippen molar-refractivity contribution < 1.29 is 0 Å². The number of aromatic nitrogens is 1. The molecule has 1 aromatic heterocycles. The summed E-state index contributed by atoms with van der Waals surface area (Å²) in [7, 11) is 2.12. The molecular formula is C14H24BrN3. The molecule has 1 aromatic rings. The third-order valence-corrected chi connectivity index (χ3v) is 3.25. The zero-order valence-electron chi connectivity index (χ0n) is 11.8. The highest BCUT2D eigenvalue weighted by atomic mass is 79.9. The summed E-state index contributed by atoms with van der Waals surface area (Å²) in [6, 6.07) is 2.64. The second kappa shape index (κ2) is 7.74. The van der Waals surface area contributed by atoms with Gasteiger partial charge in [0.15, 0.2) is 0 Å². The predicted molar refractivity (Wildman–Crippen MR) is 82.1 cm³/mol. The van der Waals surface area contributed by atoms with Crippen molar-refractivity contribution >= 4 is 21.7 Å². The highest BCUT2D eigenvalue weighted by molar-refractivity contribution is 9.10. The molecule has 0 bridgehead atoms. The molecule has 0 unspecified atom stereocenters. The molecule has 0 aliphatic carbocycles. The summed E-state index contributed by atoms with van der Waals surface area (Å²) in [6.45, 7) is 8.44. The van der Waals surface area contributed by atoms with Crippen LogP contribution in [0.5, 0.6) is 0 Å². The van der Waals surface area contributed by atoms with E-state index in [0.29, 0.717) is 6.04 Å². The smallest absolute Gasteiger partial charge is 0.132 e. The van der Waals surface area contributed by atoms with Crippen molar-refractivity contribution in [2.45, 2.75) is 46.2 Å². The standard InChI is InChI=1S/C14H24BrN3/c1-5-6-7-18(4)14-12(9-16-11(2)3)8-13(15)10-17-14/h8,10-11,16H,5-7,9H2,1-4H3. The lowest BCUT2D eigenvalue weighted by molar-refractivity contribution is 0.586. The van der Waals surface area contributed by atoms with Crippen LogP contribution in [0.4, 0.5) is 5.82 Å². The molecule has 0 radical (unpaired) electrons. The fourth-order valence-corrected chi connectivity index (χ4v) is 2.14. The van der Waals surface area contributed by atoms with Crippen molar-refractivity contribution in [3.63, 3.8) is 0 Å². The number of nitrogens with zero attached hydrogens (tertiary/aromatic N) is 2. The van der Waals surface area contributed by atoms with Gasteiger partial charge < -0.3 is 10.2 Å². The Hall–Kier alpha value is -0.610. The van der Waals surface area contributed by atoms with Gasteiger partial charge in [-0.25, -0.2) is 4.98 Å². The third-order valence-electron chi connectivity index (χ3n) is 2.82. The Morgan fingerprint density at radius 1 is 1.44 bits per heavy atom. The Bertz CT molecular complexity index is 366. The van der Waals surface area contributed by atoms with Gasteiger partial charge in [-0.05, 0) is 28.4 Å². The number of unbranched alkanes of at least 4 members (excludes halogenated alkanes) is 1. The van der Waals surface area contributed by atoms with Gasteiger partial charge >= 0.3 is 0 Å². The summed E-state index contributed by atoms with van der Waals surface area (Å²) < 4.78 is 1.04. The van der Waals surface area contributed by atoms with E-state index >= 15 is 0 Å². The van der Waals surface area contributed by atoms with E-state index in [4.69, 9.17) is 0 Å². The van der Waals surface area contributed by atoms with Crippen molar-refractivity contribution in [1.82, 2.24) is 10.3 Å². The van der Waals surface area contributed by atoms with Gasteiger partial charge in [0.05, 0.1) is 0 Å². The lowest BCUT2D eigenvalue weighted by atomic mass is 10.2. The minimum atomic E-state index is 0.484. The monoisotopic (exact) mass is 313 g/mol. The lowest BCUT2D eigenvalue weighted by Crippen LogP contribution is -2.26. The number of halogens is 1. The Labute approximate surface area is 119 Å². The van der Waals surface area contributed by atoms with E-state index in [1.165, 1.54) is 18.4 Å². The Balaban J connectivity index is 2.81. The minimum Gasteiger partial charge on any atom is -0.359 e. The fourth-order valence-electron chi connectivity index (χ4n) is 1.76. The third kappa shape index (κ3) is 4.94. The molecule has 0 saturated heterocycles. The quantitative estimate of drug-likeness (QED) is 0.834. The summed E-state index contributed by atoms with van der Waals surface area (Å²) in [4.78, 5) is 6.79. The van der Waals surface area contributed by atoms with Gasteiger partial charge in [-0.3, -0.25) is 0 Å². The van der Waals surface area contributed by atoms with Crippen molar-refractivity contribution in [3.8, 4) is 0 Å². The normalized spacial score (nSPS) is 11.0. The SMILES string of the molecule is CCCCN(C)c1ncc(Br)cc1CNC(C)C. The van der Waals surface area contributed by atoms with Crippen molar-refractivity contribution in [2.75, 3.05) is 18.5 Å². The van der Waals surface area contributed by atoms with Gasteiger partial charge in [-0.1, -0.05) is 27.2 Å². The van der Waals surface area contributed by atoms with E-state index < -0.39 is 0 Å². The van der Waals surface area contributed by atoms with Crippen LogP contribution >= 0.6 is 15.9 Å². The molecule has 0 aromatic carbocycles. The highest BCUT2D eigenvalue weighted by Gasteiger charge is 2.09. The summed E-state index contributed by atoms with van der Waals surface area (Å²) in [5.41, 5.74) is 1.25. The van der Waals surface area contributed by atoms with Gasteiger partial charge in [0.2, 0.25) is 0 Å². The Morgan fingerprint density at radius 3 is 2.78 bits per heavy atom. The molecule has 0 saturated carbocycles. The van der Waals surface area contributed by atoms with E-state index in [1.807, 2.05) is 6.20 Å². The van der Waals surface area contributed by atoms with E-state index in [1.54, 1.807) is 0 Å². The molecule has 1 heterocycles. The van der Waals surface area contributed by atoms with Gasteiger partial charge in [-0.15, -0.1) is 0 Å². The maximum atomic E-state index is 4.55. The number of nitrogens with one attached hydrogen (secondary N) is 1. The molecule has 0 atom stereocenters. The van der Waals surface area contributed by atoms with Crippen molar-refractivity contribution in [1.29, 1.82) is 0 Å². The van der Waals surface area contributed by atoms with Crippen LogP contribution in [0.3, 0.4) is 0 Å². The molecule has 1 N–H and O–H groups in total. The number of hydrogen-bond donors (Lipinski definition) is 1. The average molecular weight is 314 g/mol. The average Bonchev–Trinajstić information content (AvgIpc) is 2.33. The molecular weight excluding hydrogens is 290 g/mol. The molecule has 3 nitrogen and oxygen atoms in total. The Kier molecular flexibility index (Phi) is 6.65. The summed E-state index contributed by atoms with van der Waals surface area (Å²) in [5.74, 6) is 1.08. The van der Waals surface area contributed by atoms with Crippen LogP contribution in [-0.2, 0) is 6.54 Å². The molecule has 0 aliphatic rings. The summed E-state index contributed by atoms with van der Waals surface area (Å²) >= 11 is 3.50. The zero-order valence-corrected chi connectivity index (χ0v) is 13.4. The van der Waals surface area contributed by atoms with Crippen LogP contribution < -0.4 is 10.2 Å². The molecule has 0 fully saturated rings. The van der Waals surface area contributed by atoms with E-state index in [9.17, 15) is 0 Å². The summed E-state index contributed by atoms with van der Waals surface area (Å²) in [5, 5.41) is 3.45. The first kappa shape index (κ1) is 15.4. The number of anilines is 1. The second-order valence-electron chi connectivity index (χ2n) is 4.95. The molecule has 102 valence electrons. The predicted octanol–water partition coefficient (Wildman–Crippen LogP) is 3.58. The first-order chi connectivity index (χ1) is 8.54. The first-order valence-corrected chi connectivity index (χ1v) is 7.42. The van der Waals surface area contributed by atoms with Gasteiger partial charge in [0.25, 0.3) is 0 Å². The minimum absolute atomic E-state index is 0.484. The molecule has 1 rings (SSSR count). The van der Waals surface area contributed by atoms with Crippen LogP contribution in [-0.4, -0.2) is 24.6 Å². The van der Waals surface area contributed by atoms with Crippen LogP contribution in [0.2, 0.25) is 0 Å². The molecule has 18 heavy (non-hydrogen) atoms. The topological polar surface area (TPSA) is 28.2 Å². The number of rotatable bonds is 7. The molecule has 0 amide bonds. The van der Waals surface area contributed by atoms with Crippen molar-refractivity contribution in [2.24, 2.45) is 0 Å². The zero-order chi connectivity index (χ0) is 13.5. The number of hydrogen-bond acceptors (Lipinski definition) is 3. The summed E-state index contributed by atoms with van der Waals surface area (Å²) in [6.07, 6.45) is 4.28. The maximum Gasteiger partial charge on any atom is 0.132 e. The molecule has 4 heteroatoms. The van der Waals surface area contributed by atoms with Gasteiger partial charge in [0.1, 0.15) is 5.82 Å². The van der Waals surface area contributed by atoms with E-state index in [2.05, 4.69) is 65.0 Å². The highest BCUT2D eigenvalue weighted by Crippen LogP contribution is 2.21. The van der Waals surface area contributed by atoms with Crippen LogP contribution in [0, 0.1) is 0 Å². The lowest BCUT2D eigenvalue weighted by Gasteiger charge is -2.22. The van der Waals surface area contributed by atoms with Gasteiger partial charge in [0, 0.05) is 42.4 Å². The Morgan fingerprint density at radius 2 is 2.17 bits per heavy atom. The maximum absolute atomic E-state index is 4.55. The van der Waals surface area contributed by atoms with Crippen LogP contribution in [0.25, 0.3) is 0 Å². The molecule has 0 aliphatic heterocycles. The van der Waals surface area contributed by atoms with Crippen molar-refractivity contribution in [3.05, 3.63) is 22.3 Å². The van der Waals surface area contributed by atoms with Crippen LogP contribution in [0.15, 0.2) is 16.7 Å². The second-order valence-corrected chi connectivity index (χ2v) is 5.86. The van der Waals surface area contributed by atoms with E-state index in [0.717, 1.165) is 23.4 Å². The van der Waals surface area contributed by atoms with Crippen LogP contribution in [0.1, 0.15) is 39.2 Å². The first-order valence-electron chi connectivity index (χ1n) is 6.63. The van der Waals surface area contributed by atoms with Gasteiger partial charge in [-0.2, -0.15) is 0 Å². The number of pyridine rings is 1. The fraction of sp³-hybridized carbons (Fsp3) is 0.643. The largest absolute Gasteiger partial charge is 0.359 e. The van der Waals surface area contributed by atoms with E-state index in [-0.39, 0.29) is 0 Å². The molecule has 0 spiro atoms.